The molecule has 0 aromatic carbocycles. The van der Waals surface area contributed by atoms with Gasteiger partial charge in [-0.3, -0.25) is 0 Å². The van der Waals surface area contributed by atoms with Crippen LogP contribution >= 0.6 is 22.6 Å². The van der Waals surface area contributed by atoms with Crippen molar-refractivity contribution in [3.8, 4) is 11.9 Å². The van der Waals surface area contributed by atoms with Crippen molar-refractivity contribution in [2.75, 3.05) is 7.11 Å². The van der Waals surface area contributed by atoms with Crippen LogP contribution in [0.25, 0.3) is 11.0 Å². The van der Waals surface area contributed by atoms with Gasteiger partial charge in [-0.15, -0.1) is 0 Å². The predicted octanol–water partition coefficient (Wildman–Crippen LogP) is 2.05. The Morgan fingerprint density at radius 3 is 3.07 bits per heavy atom. The number of rotatable bonds is 1. The van der Waals surface area contributed by atoms with Crippen molar-refractivity contribution in [2.24, 2.45) is 0 Å². The Labute approximate surface area is 94.0 Å². The largest absolute Gasteiger partial charge is 0.481 e. The number of nitrogens with one attached hydrogen (secondary N) is 1. The van der Waals surface area contributed by atoms with Gasteiger partial charge in [0.1, 0.15) is 11.7 Å². The average Bonchev–Trinajstić information content (AvgIpc) is 2.59. The second-order valence-electron chi connectivity index (χ2n) is 2.68. The van der Waals surface area contributed by atoms with E-state index in [1.54, 1.807) is 6.07 Å². The van der Waals surface area contributed by atoms with Crippen LogP contribution in [0.3, 0.4) is 0 Å². The highest BCUT2D eigenvalue weighted by Gasteiger charge is 2.10. The lowest BCUT2D eigenvalue weighted by atomic mass is 10.2. The molecular weight excluding hydrogens is 293 g/mol. The summed E-state index contributed by atoms with van der Waals surface area (Å²) < 4.78 is 5.98. The minimum Gasteiger partial charge on any atom is -0.481 e. The highest BCUT2D eigenvalue weighted by atomic mass is 127. The molecule has 0 saturated carbocycles. The van der Waals surface area contributed by atoms with Gasteiger partial charge in [-0.05, 0) is 22.6 Å². The first-order valence-electron chi connectivity index (χ1n) is 3.88. The summed E-state index contributed by atoms with van der Waals surface area (Å²) in [6.45, 7) is 0. The van der Waals surface area contributed by atoms with Crippen molar-refractivity contribution in [3.05, 3.63) is 21.4 Å². The SMILES string of the molecule is COc1cc(C#N)c2c(I)c[nH]c2n1. The van der Waals surface area contributed by atoms with Gasteiger partial charge in [-0.25, -0.2) is 0 Å². The Balaban J connectivity index is 2.84. The van der Waals surface area contributed by atoms with Gasteiger partial charge in [0, 0.05) is 15.8 Å². The van der Waals surface area contributed by atoms with Gasteiger partial charge < -0.3 is 9.72 Å². The highest BCUT2D eigenvalue weighted by molar-refractivity contribution is 14.1. The van der Waals surface area contributed by atoms with E-state index in [2.05, 4.69) is 38.6 Å². The molecule has 0 aliphatic rings. The van der Waals surface area contributed by atoms with Crippen LogP contribution in [-0.2, 0) is 0 Å². The summed E-state index contributed by atoms with van der Waals surface area (Å²) in [5.74, 6) is 0.451. The lowest BCUT2D eigenvalue weighted by Crippen LogP contribution is -1.90. The number of methoxy groups -OCH3 is 1. The second-order valence-corrected chi connectivity index (χ2v) is 3.85. The Hall–Kier alpha value is -1.29. The molecule has 14 heavy (non-hydrogen) atoms. The molecule has 0 saturated heterocycles. The molecule has 2 heterocycles. The minimum absolute atomic E-state index is 0.451. The fourth-order valence-electron chi connectivity index (χ4n) is 1.26. The Kier molecular flexibility index (Phi) is 2.29. The summed E-state index contributed by atoms with van der Waals surface area (Å²) in [5.41, 5.74) is 1.27. The summed E-state index contributed by atoms with van der Waals surface area (Å²) in [7, 11) is 1.53. The number of fused-ring (bicyclic) bond motifs is 1. The third kappa shape index (κ3) is 1.32. The van der Waals surface area contributed by atoms with Gasteiger partial charge in [-0.1, -0.05) is 0 Å². The van der Waals surface area contributed by atoms with Gasteiger partial charge >= 0.3 is 0 Å². The van der Waals surface area contributed by atoms with E-state index in [-0.39, 0.29) is 0 Å². The van der Waals surface area contributed by atoms with Gasteiger partial charge in [0.05, 0.1) is 18.1 Å². The number of halogens is 1. The summed E-state index contributed by atoms with van der Waals surface area (Å²) in [5, 5.41) is 9.80. The maximum atomic E-state index is 8.95. The van der Waals surface area contributed by atoms with E-state index < -0.39 is 0 Å². The molecule has 0 spiro atoms. The van der Waals surface area contributed by atoms with Crippen molar-refractivity contribution in [1.29, 1.82) is 5.26 Å². The summed E-state index contributed by atoms with van der Waals surface area (Å²) in [6, 6.07) is 3.76. The zero-order valence-corrected chi connectivity index (χ0v) is 9.49. The van der Waals surface area contributed by atoms with Gasteiger partial charge in [-0.2, -0.15) is 10.2 Å². The minimum atomic E-state index is 0.451. The third-order valence-electron chi connectivity index (χ3n) is 1.90. The van der Waals surface area contributed by atoms with Crippen LogP contribution in [-0.4, -0.2) is 17.1 Å². The molecule has 2 aromatic rings. The molecule has 4 nitrogen and oxygen atoms in total. The molecule has 2 aromatic heterocycles. The molecule has 0 atom stereocenters. The van der Waals surface area contributed by atoms with Crippen LogP contribution in [0.15, 0.2) is 12.3 Å². The zero-order valence-electron chi connectivity index (χ0n) is 7.34. The van der Waals surface area contributed by atoms with E-state index in [9.17, 15) is 0 Å². The number of aromatic amines is 1. The van der Waals surface area contributed by atoms with E-state index in [1.165, 1.54) is 7.11 Å². The molecule has 0 aliphatic carbocycles. The monoisotopic (exact) mass is 299 g/mol. The summed E-state index contributed by atoms with van der Waals surface area (Å²) in [6.07, 6.45) is 1.82. The van der Waals surface area contributed by atoms with Crippen LogP contribution < -0.4 is 4.74 Å². The summed E-state index contributed by atoms with van der Waals surface area (Å²) >= 11 is 2.16. The number of nitrogens with zero attached hydrogens (tertiary/aromatic N) is 2. The molecule has 0 amide bonds. The van der Waals surface area contributed by atoms with Crippen molar-refractivity contribution in [2.45, 2.75) is 0 Å². The quantitative estimate of drug-likeness (QED) is 0.820. The topological polar surface area (TPSA) is 61.7 Å². The summed E-state index contributed by atoms with van der Waals surface area (Å²) in [4.78, 5) is 7.18. The van der Waals surface area contributed by atoms with Crippen LogP contribution in [0.5, 0.6) is 5.88 Å². The number of ether oxygens (including phenoxy) is 1. The van der Waals surface area contributed by atoms with E-state index in [1.807, 2.05) is 6.20 Å². The van der Waals surface area contributed by atoms with Crippen molar-refractivity contribution in [1.82, 2.24) is 9.97 Å². The molecule has 2 rings (SSSR count). The highest BCUT2D eigenvalue weighted by Crippen LogP contribution is 2.25. The van der Waals surface area contributed by atoms with E-state index in [0.29, 0.717) is 17.1 Å². The fraction of sp³-hybridized carbons (Fsp3) is 0.111. The van der Waals surface area contributed by atoms with Crippen LogP contribution in [0.2, 0.25) is 0 Å². The molecule has 0 fully saturated rings. The van der Waals surface area contributed by atoms with E-state index in [4.69, 9.17) is 10.00 Å². The van der Waals surface area contributed by atoms with Gasteiger partial charge in [0.2, 0.25) is 5.88 Å². The number of aromatic nitrogens is 2. The number of H-pyrrole nitrogens is 1. The standard InChI is InChI=1S/C9H6IN3O/c1-14-7-2-5(3-11)8-6(10)4-12-9(8)13-7/h2,4H,1H3,(H,12,13). The maximum absolute atomic E-state index is 8.95. The maximum Gasteiger partial charge on any atom is 0.216 e. The van der Waals surface area contributed by atoms with Crippen LogP contribution in [0.4, 0.5) is 0 Å². The number of pyridine rings is 1. The number of hydrogen-bond acceptors (Lipinski definition) is 3. The first-order chi connectivity index (χ1) is 6.76. The Bertz CT molecular complexity index is 527. The van der Waals surface area contributed by atoms with Crippen molar-refractivity contribution in [3.63, 3.8) is 0 Å². The van der Waals surface area contributed by atoms with Crippen LogP contribution in [0, 0.1) is 14.9 Å². The normalized spacial score (nSPS) is 10.1. The first-order valence-corrected chi connectivity index (χ1v) is 4.96. The zero-order chi connectivity index (χ0) is 10.1. The number of nitriles is 1. The smallest absolute Gasteiger partial charge is 0.216 e. The third-order valence-corrected chi connectivity index (χ3v) is 2.75. The lowest BCUT2D eigenvalue weighted by molar-refractivity contribution is 0.399. The second kappa shape index (κ2) is 3.46. The fourth-order valence-corrected chi connectivity index (χ4v) is 1.97. The Morgan fingerprint density at radius 2 is 2.43 bits per heavy atom. The van der Waals surface area contributed by atoms with E-state index >= 15 is 0 Å². The van der Waals surface area contributed by atoms with Crippen molar-refractivity contribution >= 4 is 33.6 Å². The molecule has 0 unspecified atom stereocenters. The average molecular weight is 299 g/mol. The molecule has 1 N–H and O–H groups in total. The molecule has 5 heteroatoms. The molecule has 0 bridgehead atoms. The van der Waals surface area contributed by atoms with E-state index in [0.717, 1.165) is 8.96 Å². The molecule has 0 aliphatic heterocycles. The number of hydrogen-bond donors (Lipinski definition) is 1. The first kappa shape index (κ1) is 9.27. The molecule has 70 valence electrons. The van der Waals surface area contributed by atoms with Crippen LogP contribution in [0.1, 0.15) is 5.56 Å². The van der Waals surface area contributed by atoms with Gasteiger partial charge in [0.25, 0.3) is 0 Å². The van der Waals surface area contributed by atoms with Crippen molar-refractivity contribution < 1.29 is 4.74 Å². The predicted molar refractivity (Wildman–Crippen MR) is 60.1 cm³/mol. The molecular formula is C9H6IN3O. The Morgan fingerprint density at radius 1 is 1.64 bits per heavy atom. The lowest BCUT2D eigenvalue weighted by Gasteiger charge is -1.99. The van der Waals surface area contributed by atoms with Gasteiger partial charge in [0.15, 0.2) is 0 Å². The molecule has 0 radical (unpaired) electrons.